The predicted molar refractivity (Wildman–Crippen MR) is 60.4 cm³/mol. The van der Waals surface area contributed by atoms with Crippen LogP contribution >= 0.6 is 11.6 Å². The van der Waals surface area contributed by atoms with Crippen molar-refractivity contribution in [3.63, 3.8) is 0 Å². The lowest BCUT2D eigenvalue weighted by atomic mass is 10.1. The van der Waals surface area contributed by atoms with Gasteiger partial charge in [0.05, 0.1) is 0 Å². The second-order valence-electron chi connectivity index (χ2n) is 3.27. The third kappa shape index (κ3) is 4.13. The van der Waals surface area contributed by atoms with Crippen LogP contribution in [0.4, 0.5) is 0 Å². The number of hydrogen-bond acceptors (Lipinski definition) is 4. The molecule has 0 amide bonds. The van der Waals surface area contributed by atoms with E-state index < -0.39 is 0 Å². The van der Waals surface area contributed by atoms with Crippen LogP contribution in [-0.4, -0.2) is 18.7 Å². The molecule has 0 fully saturated rings. The topological polar surface area (TPSA) is 60.2 Å². The van der Waals surface area contributed by atoms with Crippen molar-refractivity contribution >= 4 is 11.6 Å². The fraction of sp³-hybridized carbons (Fsp3) is 0.500. The Morgan fingerprint density at radius 3 is 2.93 bits per heavy atom. The van der Waals surface area contributed by atoms with Crippen molar-refractivity contribution in [3.05, 3.63) is 29.0 Å². The number of pyridine rings is 1. The molecule has 0 saturated heterocycles. The number of ether oxygens (including phenoxy) is 1. The van der Waals surface area contributed by atoms with Crippen LogP contribution in [0.25, 0.3) is 0 Å². The first-order valence-corrected chi connectivity index (χ1v) is 5.22. The number of aromatic nitrogens is 1. The van der Waals surface area contributed by atoms with Gasteiger partial charge in [-0.15, -0.1) is 0 Å². The van der Waals surface area contributed by atoms with E-state index in [0.717, 1.165) is 25.0 Å². The Labute approximate surface area is 94.8 Å². The minimum absolute atomic E-state index is 0.102. The van der Waals surface area contributed by atoms with E-state index in [1.54, 1.807) is 19.4 Å². The predicted octanol–water partition coefficient (Wildman–Crippen LogP) is 1.67. The largest absolute Gasteiger partial charge is 0.385 e. The first kappa shape index (κ1) is 12.4. The molecule has 0 aliphatic rings. The fourth-order valence-electron chi connectivity index (χ4n) is 1.37. The molecule has 0 aliphatic carbocycles. The SMILES string of the molecule is COCCCC(NN)c1ccc(Cl)nc1. The molecule has 1 aromatic rings. The van der Waals surface area contributed by atoms with Crippen LogP contribution in [0, 0.1) is 0 Å². The molecule has 15 heavy (non-hydrogen) atoms. The monoisotopic (exact) mass is 229 g/mol. The zero-order valence-electron chi connectivity index (χ0n) is 8.74. The maximum absolute atomic E-state index is 5.70. The van der Waals surface area contributed by atoms with Crippen molar-refractivity contribution in [2.24, 2.45) is 5.84 Å². The van der Waals surface area contributed by atoms with Crippen molar-refractivity contribution in [1.29, 1.82) is 0 Å². The van der Waals surface area contributed by atoms with E-state index in [2.05, 4.69) is 10.4 Å². The molecule has 5 heteroatoms. The zero-order valence-corrected chi connectivity index (χ0v) is 9.50. The highest BCUT2D eigenvalue weighted by Gasteiger charge is 2.09. The van der Waals surface area contributed by atoms with Crippen LogP contribution in [0.15, 0.2) is 18.3 Å². The summed E-state index contributed by atoms with van der Waals surface area (Å²) in [6.07, 6.45) is 3.60. The third-order valence-electron chi connectivity index (χ3n) is 2.20. The molecule has 0 radical (unpaired) electrons. The van der Waals surface area contributed by atoms with Gasteiger partial charge in [-0.2, -0.15) is 0 Å². The van der Waals surface area contributed by atoms with Crippen molar-refractivity contribution < 1.29 is 4.74 Å². The van der Waals surface area contributed by atoms with Crippen molar-refractivity contribution in [2.45, 2.75) is 18.9 Å². The van der Waals surface area contributed by atoms with Gasteiger partial charge in [0, 0.05) is 26.0 Å². The summed E-state index contributed by atoms with van der Waals surface area (Å²) < 4.78 is 4.99. The summed E-state index contributed by atoms with van der Waals surface area (Å²) in [6.45, 7) is 0.735. The van der Waals surface area contributed by atoms with E-state index in [9.17, 15) is 0 Å². The van der Waals surface area contributed by atoms with Crippen molar-refractivity contribution in [2.75, 3.05) is 13.7 Å². The first-order valence-electron chi connectivity index (χ1n) is 4.84. The van der Waals surface area contributed by atoms with Crippen molar-refractivity contribution in [1.82, 2.24) is 10.4 Å². The minimum atomic E-state index is 0.102. The molecule has 1 unspecified atom stereocenters. The van der Waals surface area contributed by atoms with Crippen molar-refractivity contribution in [3.8, 4) is 0 Å². The second-order valence-corrected chi connectivity index (χ2v) is 3.66. The van der Waals surface area contributed by atoms with Gasteiger partial charge in [0.1, 0.15) is 5.15 Å². The van der Waals surface area contributed by atoms with Crippen LogP contribution in [0.2, 0.25) is 5.15 Å². The summed E-state index contributed by atoms with van der Waals surface area (Å²) in [5, 5.41) is 0.492. The zero-order chi connectivity index (χ0) is 11.1. The van der Waals surface area contributed by atoms with E-state index >= 15 is 0 Å². The molecule has 0 bridgehead atoms. The Hall–Kier alpha value is -0.680. The van der Waals surface area contributed by atoms with Gasteiger partial charge >= 0.3 is 0 Å². The molecule has 0 aromatic carbocycles. The Kier molecular flexibility index (Phi) is 5.57. The lowest BCUT2D eigenvalue weighted by molar-refractivity contribution is 0.189. The number of nitrogens with two attached hydrogens (primary N) is 1. The van der Waals surface area contributed by atoms with Gasteiger partial charge < -0.3 is 4.74 Å². The summed E-state index contributed by atoms with van der Waals surface area (Å²) in [5.41, 5.74) is 3.80. The summed E-state index contributed by atoms with van der Waals surface area (Å²) >= 11 is 5.70. The van der Waals surface area contributed by atoms with Crippen LogP contribution in [-0.2, 0) is 4.74 Å². The average molecular weight is 230 g/mol. The normalized spacial score (nSPS) is 12.7. The fourth-order valence-corrected chi connectivity index (χ4v) is 1.48. The summed E-state index contributed by atoms with van der Waals surface area (Å²) in [5.74, 6) is 5.47. The Morgan fingerprint density at radius 2 is 2.40 bits per heavy atom. The lowest BCUT2D eigenvalue weighted by Gasteiger charge is -2.15. The van der Waals surface area contributed by atoms with Crippen LogP contribution < -0.4 is 11.3 Å². The molecule has 3 N–H and O–H groups in total. The molecule has 1 aromatic heterocycles. The van der Waals surface area contributed by atoms with Crippen LogP contribution in [0.5, 0.6) is 0 Å². The Balaban J connectivity index is 2.53. The standard InChI is InChI=1S/C10H16ClN3O/c1-15-6-2-3-9(14-12)8-4-5-10(11)13-7-8/h4-5,7,9,14H,2-3,6,12H2,1H3. The average Bonchev–Trinajstić information content (AvgIpc) is 2.26. The van der Waals surface area contributed by atoms with E-state index in [1.807, 2.05) is 6.07 Å². The number of methoxy groups -OCH3 is 1. The Morgan fingerprint density at radius 1 is 1.60 bits per heavy atom. The lowest BCUT2D eigenvalue weighted by Crippen LogP contribution is -2.28. The molecule has 0 saturated carbocycles. The summed E-state index contributed by atoms with van der Waals surface area (Å²) in [6, 6.07) is 3.79. The molecule has 1 rings (SSSR count). The Bertz CT molecular complexity index is 279. The van der Waals surface area contributed by atoms with Gasteiger partial charge in [-0.25, -0.2) is 4.98 Å². The van der Waals surface area contributed by atoms with E-state index in [0.29, 0.717) is 5.15 Å². The van der Waals surface area contributed by atoms with Gasteiger partial charge in [-0.1, -0.05) is 17.7 Å². The van der Waals surface area contributed by atoms with Gasteiger partial charge in [-0.3, -0.25) is 11.3 Å². The molecular formula is C10H16ClN3O. The number of nitrogens with zero attached hydrogens (tertiary/aromatic N) is 1. The summed E-state index contributed by atoms with van der Waals surface area (Å²) in [4.78, 5) is 4.01. The highest BCUT2D eigenvalue weighted by molar-refractivity contribution is 6.29. The van der Waals surface area contributed by atoms with Crippen LogP contribution in [0.3, 0.4) is 0 Å². The van der Waals surface area contributed by atoms with E-state index in [4.69, 9.17) is 22.2 Å². The molecule has 0 spiro atoms. The number of hydrazine groups is 1. The second kappa shape index (κ2) is 6.74. The molecule has 84 valence electrons. The van der Waals surface area contributed by atoms with Gasteiger partial charge in [0.25, 0.3) is 0 Å². The quantitative estimate of drug-likeness (QED) is 0.337. The third-order valence-corrected chi connectivity index (χ3v) is 2.42. The highest BCUT2D eigenvalue weighted by Crippen LogP contribution is 2.17. The number of nitrogens with one attached hydrogen (secondary N) is 1. The van der Waals surface area contributed by atoms with Gasteiger partial charge in [-0.05, 0) is 24.5 Å². The molecule has 1 atom stereocenters. The van der Waals surface area contributed by atoms with E-state index in [-0.39, 0.29) is 6.04 Å². The maximum atomic E-state index is 5.70. The van der Waals surface area contributed by atoms with Gasteiger partial charge in [0.2, 0.25) is 0 Å². The first-order chi connectivity index (χ1) is 7.27. The molecule has 4 nitrogen and oxygen atoms in total. The highest BCUT2D eigenvalue weighted by atomic mass is 35.5. The summed E-state index contributed by atoms with van der Waals surface area (Å²) in [7, 11) is 1.69. The smallest absolute Gasteiger partial charge is 0.129 e. The van der Waals surface area contributed by atoms with E-state index in [1.165, 1.54) is 0 Å². The number of rotatable bonds is 6. The molecule has 0 aliphatic heterocycles. The maximum Gasteiger partial charge on any atom is 0.129 e. The molecular weight excluding hydrogens is 214 g/mol. The number of halogens is 1. The minimum Gasteiger partial charge on any atom is -0.385 e. The van der Waals surface area contributed by atoms with Gasteiger partial charge in [0.15, 0.2) is 0 Å². The number of hydrogen-bond donors (Lipinski definition) is 2. The molecule has 1 heterocycles. The van der Waals surface area contributed by atoms with Crippen LogP contribution in [0.1, 0.15) is 24.4 Å².